The molecule has 0 spiro atoms. The molecule has 1 aromatic rings. The smallest absolute Gasteiger partial charge is 0.266 e. The lowest BCUT2D eigenvalue weighted by Gasteiger charge is -2.23. The van der Waals surface area contributed by atoms with Crippen molar-refractivity contribution < 1.29 is 4.79 Å². The van der Waals surface area contributed by atoms with Crippen LogP contribution in [0, 0.1) is 0 Å². The summed E-state index contributed by atoms with van der Waals surface area (Å²) in [5.41, 5.74) is 3.63. The van der Waals surface area contributed by atoms with Crippen molar-refractivity contribution in [3.63, 3.8) is 0 Å². The summed E-state index contributed by atoms with van der Waals surface area (Å²) in [5.74, 6) is 0.00956. The number of carbonyl (C=O) groups excluding carboxylic acids is 1. The monoisotopic (exact) mass is 344 g/mol. The zero-order valence-electron chi connectivity index (χ0n) is 13.8. The van der Waals surface area contributed by atoms with Gasteiger partial charge in [-0.3, -0.25) is 9.69 Å². The van der Waals surface area contributed by atoms with Crippen LogP contribution in [0.25, 0.3) is 0 Å². The quantitative estimate of drug-likeness (QED) is 0.596. The summed E-state index contributed by atoms with van der Waals surface area (Å²) in [6.45, 7) is 6.99. The van der Waals surface area contributed by atoms with Crippen molar-refractivity contribution in [1.82, 2.24) is 4.90 Å². The second-order valence-corrected chi connectivity index (χ2v) is 7.88. The molecular weight excluding hydrogens is 324 g/mol. The van der Waals surface area contributed by atoms with Crippen molar-refractivity contribution in [2.45, 2.75) is 26.2 Å². The van der Waals surface area contributed by atoms with Crippen LogP contribution in [-0.2, 0) is 10.2 Å². The van der Waals surface area contributed by atoms with Crippen molar-refractivity contribution in [2.75, 3.05) is 18.5 Å². The zero-order chi connectivity index (χ0) is 16.8. The largest absolute Gasteiger partial charge is 0.347 e. The first-order chi connectivity index (χ1) is 10.9. The topological polar surface area (TPSA) is 23.6 Å². The number of likely N-dealkylation sites (N-methyl/N-ethyl adjacent to an activating group) is 2. The van der Waals surface area contributed by atoms with Crippen molar-refractivity contribution in [1.29, 1.82) is 0 Å². The van der Waals surface area contributed by atoms with Gasteiger partial charge in [-0.05, 0) is 30.7 Å². The number of thioether (sulfide) groups is 1. The van der Waals surface area contributed by atoms with Gasteiger partial charge in [0.1, 0.15) is 4.32 Å². The predicted molar refractivity (Wildman–Crippen MR) is 102 cm³/mol. The third-order valence-corrected chi connectivity index (χ3v) is 5.92. The van der Waals surface area contributed by atoms with Gasteiger partial charge in [0.15, 0.2) is 0 Å². The number of hydrogen-bond donors (Lipinski definition) is 0. The first-order valence-corrected chi connectivity index (χ1v) is 8.89. The molecule has 3 nitrogen and oxygen atoms in total. The van der Waals surface area contributed by atoms with Crippen LogP contribution in [0.3, 0.4) is 0 Å². The summed E-state index contributed by atoms with van der Waals surface area (Å²) in [5, 5.41) is 0. The van der Waals surface area contributed by atoms with E-state index in [-0.39, 0.29) is 11.3 Å². The molecule has 3 rings (SSSR count). The summed E-state index contributed by atoms with van der Waals surface area (Å²) >= 11 is 6.64. The number of nitrogens with zero attached hydrogens (tertiary/aromatic N) is 2. The van der Waals surface area contributed by atoms with E-state index in [2.05, 4.69) is 56.1 Å². The van der Waals surface area contributed by atoms with Crippen LogP contribution >= 0.6 is 24.0 Å². The zero-order valence-corrected chi connectivity index (χ0v) is 15.4. The minimum Gasteiger partial charge on any atom is -0.347 e. The van der Waals surface area contributed by atoms with E-state index in [1.165, 1.54) is 28.7 Å². The number of anilines is 1. The number of benzene rings is 1. The SMILES string of the molecule is CCN1C(=O)/C(=C\C=C2/N(C)c3ccccc3C2(C)C)SC1=S. The molecule has 0 aliphatic carbocycles. The van der Waals surface area contributed by atoms with Crippen LogP contribution in [0.1, 0.15) is 26.3 Å². The fourth-order valence-corrected chi connectivity index (χ4v) is 4.57. The summed E-state index contributed by atoms with van der Waals surface area (Å²) in [7, 11) is 2.07. The lowest BCUT2D eigenvalue weighted by Crippen LogP contribution is -2.27. The van der Waals surface area contributed by atoms with Gasteiger partial charge in [-0.2, -0.15) is 0 Å². The lowest BCUT2D eigenvalue weighted by atomic mass is 9.84. The molecule has 1 fully saturated rings. The highest BCUT2D eigenvalue weighted by Crippen LogP contribution is 2.46. The minimum atomic E-state index is -0.0837. The molecule has 1 aromatic carbocycles. The Balaban J connectivity index is 1.97. The maximum Gasteiger partial charge on any atom is 0.266 e. The van der Waals surface area contributed by atoms with Crippen LogP contribution in [0.5, 0.6) is 0 Å². The van der Waals surface area contributed by atoms with E-state index < -0.39 is 0 Å². The van der Waals surface area contributed by atoms with Crippen molar-refractivity contribution in [3.8, 4) is 0 Å². The molecule has 0 unspecified atom stereocenters. The average molecular weight is 345 g/mol. The van der Waals surface area contributed by atoms with Crippen LogP contribution in [0.4, 0.5) is 5.69 Å². The molecule has 5 heteroatoms. The van der Waals surface area contributed by atoms with Gasteiger partial charge in [0.2, 0.25) is 0 Å². The standard InChI is InChI=1S/C18H20N2OS2/c1-5-20-16(21)14(23-17(20)22)10-11-15-18(2,3)12-8-6-7-9-13(12)19(15)4/h6-11H,5H2,1-4H3/b14-10+,15-11-. The molecule has 0 radical (unpaired) electrons. The molecule has 0 aromatic heterocycles. The normalized spacial score (nSPS) is 23.3. The molecule has 2 aliphatic rings. The molecule has 120 valence electrons. The molecule has 0 atom stereocenters. The third kappa shape index (κ3) is 2.52. The summed E-state index contributed by atoms with van der Waals surface area (Å²) in [6.07, 6.45) is 3.97. The van der Waals surface area contributed by atoms with E-state index in [0.29, 0.717) is 15.8 Å². The van der Waals surface area contributed by atoms with E-state index in [9.17, 15) is 4.79 Å². The molecule has 1 saturated heterocycles. The van der Waals surface area contributed by atoms with Gasteiger partial charge in [-0.25, -0.2) is 0 Å². The van der Waals surface area contributed by atoms with Crippen LogP contribution < -0.4 is 4.90 Å². The second-order valence-electron chi connectivity index (χ2n) is 6.20. The maximum atomic E-state index is 12.3. The number of amides is 1. The van der Waals surface area contributed by atoms with Crippen LogP contribution in [0.2, 0.25) is 0 Å². The molecular formula is C18H20N2OS2. The van der Waals surface area contributed by atoms with Crippen molar-refractivity contribution >= 4 is 39.9 Å². The number of para-hydroxylation sites is 1. The van der Waals surface area contributed by atoms with Gasteiger partial charge in [-0.15, -0.1) is 0 Å². The Hall–Kier alpha value is -1.59. The Morgan fingerprint density at radius 1 is 1.26 bits per heavy atom. The lowest BCUT2D eigenvalue weighted by molar-refractivity contribution is -0.122. The predicted octanol–water partition coefficient (Wildman–Crippen LogP) is 4.06. The maximum absolute atomic E-state index is 12.3. The molecule has 2 heterocycles. The van der Waals surface area contributed by atoms with E-state index in [1.54, 1.807) is 4.90 Å². The Labute approximate surface area is 147 Å². The summed E-state index contributed by atoms with van der Waals surface area (Å²) in [6, 6.07) is 8.43. The third-order valence-electron chi connectivity index (χ3n) is 4.52. The number of rotatable bonds is 2. The summed E-state index contributed by atoms with van der Waals surface area (Å²) in [4.78, 5) is 16.9. The molecule has 23 heavy (non-hydrogen) atoms. The van der Waals surface area contributed by atoms with Gasteiger partial charge in [-0.1, -0.05) is 56.0 Å². The van der Waals surface area contributed by atoms with Gasteiger partial charge >= 0.3 is 0 Å². The van der Waals surface area contributed by atoms with E-state index >= 15 is 0 Å². The highest BCUT2D eigenvalue weighted by molar-refractivity contribution is 8.26. The Morgan fingerprint density at radius 3 is 2.57 bits per heavy atom. The minimum absolute atomic E-state index is 0.00956. The fraction of sp³-hybridized carbons (Fsp3) is 0.333. The Bertz CT molecular complexity index is 749. The fourth-order valence-electron chi connectivity index (χ4n) is 3.24. The van der Waals surface area contributed by atoms with E-state index in [1.807, 2.05) is 13.0 Å². The highest BCUT2D eigenvalue weighted by atomic mass is 32.2. The van der Waals surface area contributed by atoms with Crippen molar-refractivity contribution in [2.24, 2.45) is 0 Å². The van der Waals surface area contributed by atoms with Crippen molar-refractivity contribution in [3.05, 3.63) is 52.6 Å². The molecule has 0 saturated carbocycles. The van der Waals surface area contributed by atoms with E-state index in [0.717, 1.165) is 0 Å². The second kappa shape index (κ2) is 5.80. The van der Waals surface area contributed by atoms with Gasteiger partial charge in [0.05, 0.1) is 4.91 Å². The highest BCUT2D eigenvalue weighted by Gasteiger charge is 2.38. The molecule has 1 amide bonds. The molecule has 0 bridgehead atoms. The summed E-state index contributed by atoms with van der Waals surface area (Å²) < 4.78 is 0.643. The Kier molecular flexibility index (Phi) is 4.10. The van der Waals surface area contributed by atoms with Gasteiger partial charge in [0.25, 0.3) is 5.91 Å². The average Bonchev–Trinajstić information content (AvgIpc) is 2.90. The number of carbonyl (C=O) groups is 1. The van der Waals surface area contributed by atoms with E-state index in [4.69, 9.17) is 12.2 Å². The number of allylic oxidation sites excluding steroid dienone is 3. The first-order valence-electron chi connectivity index (χ1n) is 7.67. The number of thiocarbonyl (C=S) groups is 1. The molecule has 2 aliphatic heterocycles. The van der Waals surface area contributed by atoms with Gasteiger partial charge < -0.3 is 4.90 Å². The first kappa shape index (κ1) is 16.3. The number of hydrogen-bond acceptors (Lipinski definition) is 4. The van der Waals surface area contributed by atoms with Gasteiger partial charge in [0, 0.05) is 30.4 Å². The molecule has 0 N–H and O–H groups in total. The Morgan fingerprint density at radius 2 is 1.96 bits per heavy atom. The van der Waals surface area contributed by atoms with Crippen LogP contribution in [0.15, 0.2) is 47.0 Å². The number of fused-ring (bicyclic) bond motifs is 1. The van der Waals surface area contributed by atoms with Crippen LogP contribution in [-0.4, -0.2) is 28.7 Å².